The lowest BCUT2D eigenvalue weighted by molar-refractivity contribution is -0.120. The second kappa shape index (κ2) is 6.37. The van der Waals surface area contributed by atoms with E-state index in [0.717, 1.165) is 0 Å². The lowest BCUT2D eigenvalue weighted by Gasteiger charge is -2.29. The van der Waals surface area contributed by atoms with Crippen molar-refractivity contribution in [2.75, 3.05) is 25.5 Å². The third kappa shape index (κ3) is 3.90. The average molecular weight is 314 g/mol. The number of aromatic nitrogens is 1. The summed E-state index contributed by atoms with van der Waals surface area (Å²) in [7, 11) is -2.16. The van der Waals surface area contributed by atoms with Gasteiger partial charge in [0.15, 0.2) is 0 Å². The Morgan fingerprint density at radius 1 is 1.48 bits per heavy atom. The number of hydrogen-bond donors (Lipinski definition) is 2. The summed E-state index contributed by atoms with van der Waals surface area (Å²) >= 11 is 0. The summed E-state index contributed by atoms with van der Waals surface area (Å²) in [5.41, 5.74) is 0.499. The standard InChI is InChI=1S/C12H18N4O4S/c1-20-11-2-5-14-8-10(11)15-12(17)9-3-6-16(7-4-9)21(13,18)19/h2,5,8-9H,3-4,6-7H2,1H3,(H,15,17)(H2,13,18,19). The summed E-state index contributed by atoms with van der Waals surface area (Å²) in [6.07, 6.45) is 3.95. The molecule has 21 heavy (non-hydrogen) atoms. The fourth-order valence-electron chi connectivity index (χ4n) is 2.26. The maximum Gasteiger partial charge on any atom is 0.276 e. The SMILES string of the molecule is COc1ccncc1NC(=O)C1CCN(S(N)(=O)=O)CC1. The quantitative estimate of drug-likeness (QED) is 0.808. The van der Waals surface area contributed by atoms with Crippen LogP contribution in [0.15, 0.2) is 18.5 Å². The molecule has 1 saturated heterocycles. The monoisotopic (exact) mass is 314 g/mol. The third-order valence-electron chi connectivity index (χ3n) is 3.44. The minimum Gasteiger partial charge on any atom is -0.494 e. The number of hydrogen-bond acceptors (Lipinski definition) is 5. The summed E-state index contributed by atoms with van der Waals surface area (Å²) in [5.74, 6) is 0.101. The van der Waals surface area contributed by atoms with Crippen molar-refractivity contribution < 1.29 is 17.9 Å². The van der Waals surface area contributed by atoms with Gasteiger partial charge in [-0.3, -0.25) is 9.78 Å². The minimum atomic E-state index is -3.67. The molecule has 1 aromatic heterocycles. The molecule has 1 amide bonds. The number of carbonyl (C=O) groups is 1. The maximum atomic E-state index is 12.2. The Morgan fingerprint density at radius 2 is 2.14 bits per heavy atom. The van der Waals surface area contributed by atoms with Crippen molar-refractivity contribution >= 4 is 21.8 Å². The van der Waals surface area contributed by atoms with E-state index < -0.39 is 10.2 Å². The number of nitrogens with zero attached hydrogens (tertiary/aromatic N) is 2. The molecule has 1 aromatic rings. The maximum absolute atomic E-state index is 12.2. The summed E-state index contributed by atoms with van der Waals surface area (Å²) in [6, 6.07) is 1.65. The van der Waals surface area contributed by atoms with Gasteiger partial charge in [0.05, 0.1) is 13.3 Å². The van der Waals surface area contributed by atoms with Crippen LogP contribution >= 0.6 is 0 Å². The summed E-state index contributed by atoms with van der Waals surface area (Å²) in [5, 5.41) is 7.83. The predicted octanol–water partition coefficient (Wildman–Crippen LogP) is -0.0558. The van der Waals surface area contributed by atoms with Gasteiger partial charge in [-0.25, -0.2) is 5.14 Å². The average Bonchev–Trinajstić information content (AvgIpc) is 2.47. The second-order valence-corrected chi connectivity index (χ2v) is 6.33. The molecule has 1 aliphatic rings. The van der Waals surface area contributed by atoms with Crippen molar-refractivity contribution in [3.05, 3.63) is 18.5 Å². The van der Waals surface area contributed by atoms with E-state index in [1.54, 1.807) is 12.3 Å². The van der Waals surface area contributed by atoms with Gasteiger partial charge in [-0.2, -0.15) is 12.7 Å². The fraction of sp³-hybridized carbons (Fsp3) is 0.500. The number of ether oxygens (including phenoxy) is 1. The lowest BCUT2D eigenvalue weighted by atomic mass is 9.97. The molecule has 1 aliphatic heterocycles. The smallest absolute Gasteiger partial charge is 0.276 e. The zero-order valence-corrected chi connectivity index (χ0v) is 12.5. The molecule has 0 bridgehead atoms. The van der Waals surface area contributed by atoms with Gasteiger partial charge < -0.3 is 10.1 Å². The Kier molecular flexibility index (Phi) is 4.76. The third-order valence-corrected chi connectivity index (χ3v) is 4.53. The van der Waals surface area contributed by atoms with Crippen LogP contribution in [0.3, 0.4) is 0 Å². The largest absolute Gasteiger partial charge is 0.494 e. The molecule has 0 radical (unpaired) electrons. The first kappa shape index (κ1) is 15.7. The van der Waals surface area contributed by atoms with Gasteiger partial charge in [-0.1, -0.05) is 0 Å². The first-order valence-corrected chi connectivity index (χ1v) is 7.99. The van der Waals surface area contributed by atoms with Crippen LogP contribution in [0, 0.1) is 5.92 Å². The van der Waals surface area contributed by atoms with Crippen LogP contribution in [0.1, 0.15) is 12.8 Å². The molecule has 9 heteroatoms. The molecule has 0 atom stereocenters. The van der Waals surface area contributed by atoms with Crippen molar-refractivity contribution in [2.24, 2.45) is 11.1 Å². The van der Waals surface area contributed by atoms with E-state index in [0.29, 0.717) is 24.3 Å². The summed E-state index contributed by atoms with van der Waals surface area (Å²) in [4.78, 5) is 16.1. The number of amides is 1. The van der Waals surface area contributed by atoms with Crippen LogP contribution < -0.4 is 15.2 Å². The lowest BCUT2D eigenvalue weighted by Crippen LogP contribution is -2.44. The van der Waals surface area contributed by atoms with Crippen molar-refractivity contribution in [1.29, 1.82) is 0 Å². The van der Waals surface area contributed by atoms with Crippen LogP contribution in [-0.2, 0) is 15.0 Å². The Balaban J connectivity index is 1.97. The molecule has 8 nitrogen and oxygen atoms in total. The Morgan fingerprint density at radius 3 is 2.71 bits per heavy atom. The van der Waals surface area contributed by atoms with Crippen molar-refractivity contribution in [3.8, 4) is 5.75 Å². The summed E-state index contributed by atoms with van der Waals surface area (Å²) in [6.45, 7) is 0.502. The minimum absolute atomic E-state index is 0.171. The van der Waals surface area contributed by atoms with Gasteiger partial charge in [0.25, 0.3) is 10.2 Å². The number of nitrogens with two attached hydrogens (primary N) is 1. The first-order valence-electron chi connectivity index (χ1n) is 6.48. The zero-order chi connectivity index (χ0) is 15.5. The van der Waals surface area contributed by atoms with E-state index in [1.165, 1.54) is 17.6 Å². The second-order valence-electron chi connectivity index (χ2n) is 4.78. The van der Waals surface area contributed by atoms with Gasteiger partial charge in [0.2, 0.25) is 5.91 Å². The molecule has 0 aliphatic carbocycles. The van der Waals surface area contributed by atoms with Crippen molar-refractivity contribution in [3.63, 3.8) is 0 Å². The Bertz CT molecular complexity index is 611. The molecule has 2 rings (SSSR count). The number of methoxy groups -OCH3 is 1. The van der Waals surface area contributed by atoms with E-state index in [2.05, 4.69) is 10.3 Å². The van der Waals surface area contributed by atoms with Crippen LogP contribution in [-0.4, -0.2) is 43.8 Å². The van der Waals surface area contributed by atoms with E-state index in [-0.39, 0.29) is 24.9 Å². The molecule has 0 aromatic carbocycles. The highest BCUT2D eigenvalue weighted by Crippen LogP contribution is 2.25. The molecule has 0 spiro atoms. The number of piperidine rings is 1. The van der Waals surface area contributed by atoms with E-state index in [1.807, 2.05) is 0 Å². The number of rotatable bonds is 4. The fourth-order valence-corrected chi connectivity index (χ4v) is 2.98. The first-order chi connectivity index (χ1) is 9.91. The molecule has 0 unspecified atom stereocenters. The Labute approximate surface area is 123 Å². The highest BCUT2D eigenvalue weighted by Gasteiger charge is 2.29. The van der Waals surface area contributed by atoms with Crippen LogP contribution in [0.4, 0.5) is 5.69 Å². The van der Waals surface area contributed by atoms with E-state index >= 15 is 0 Å². The van der Waals surface area contributed by atoms with E-state index in [4.69, 9.17) is 9.88 Å². The van der Waals surface area contributed by atoms with Gasteiger partial charge in [0.1, 0.15) is 11.4 Å². The van der Waals surface area contributed by atoms with Crippen molar-refractivity contribution in [2.45, 2.75) is 12.8 Å². The highest BCUT2D eigenvalue weighted by atomic mass is 32.2. The van der Waals surface area contributed by atoms with E-state index in [9.17, 15) is 13.2 Å². The molecule has 3 N–H and O–H groups in total. The molecular formula is C12H18N4O4S. The van der Waals surface area contributed by atoms with Crippen LogP contribution in [0.2, 0.25) is 0 Å². The molecule has 116 valence electrons. The molecule has 1 fully saturated rings. The topological polar surface area (TPSA) is 115 Å². The number of pyridine rings is 1. The molecule has 2 heterocycles. The van der Waals surface area contributed by atoms with Gasteiger partial charge >= 0.3 is 0 Å². The van der Waals surface area contributed by atoms with Crippen molar-refractivity contribution in [1.82, 2.24) is 9.29 Å². The number of carbonyl (C=O) groups excluding carboxylic acids is 1. The molecular weight excluding hydrogens is 296 g/mol. The molecule has 0 saturated carbocycles. The zero-order valence-electron chi connectivity index (χ0n) is 11.7. The van der Waals surface area contributed by atoms with Crippen LogP contribution in [0.5, 0.6) is 5.75 Å². The predicted molar refractivity (Wildman–Crippen MR) is 76.8 cm³/mol. The van der Waals surface area contributed by atoms with Gasteiger partial charge in [0, 0.05) is 31.3 Å². The summed E-state index contributed by atoms with van der Waals surface area (Å²) < 4.78 is 28.7. The normalized spacial score (nSPS) is 17.4. The number of anilines is 1. The highest BCUT2D eigenvalue weighted by molar-refractivity contribution is 7.86. The Hall–Kier alpha value is -1.71. The van der Waals surface area contributed by atoms with Gasteiger partial charge in [-0.05, 0) is 12.8 Å². The number of nitrogens with one attached hydrogen (secondary N) is 1. The van der Waals surface area contributed by atoms with Crippen LogP contribution in [0.25, 0.3) is 0 Å². The van der Waals surface area contributed by atoms with Gasteiger partial charge in [-0.15, -0.1) is 0 Å².